The average molecular weight is 264 g/mol. The van der Waals surface area contributed by atoms with E-state index in [1.165, 1.54) is 24.5 Å². The van der Waals surface area contributed by atoms with E-state index in [4.69, 9.17) is 16.6 Å². The Hall–Kier alpha value is -2.21. The Kier molecular flexibility index (Phi) is 3.69. The molecule has 1 aromatic heterocycles. The van der Waals surface area contributed by atoms with E-state index in [2.05, 4.69) is 10.6 Å². The van der Waals surface area contributed by atoms with Crippen LogP contribution in [0.3, 0.4) is 0 Å². The van der Waals surface area contributed by atoms with Crippen LogP contribution in [0.4, 0.5) is 10.1 Å². The van der Waals surface area contributed by atoms with Crippen LogP contribution in [0.25, 0.3) is 0 Å². The maximum Gasteiger partial charge on any atom is 0.293 e. The Morgan fingerprint density at radius 2 is 2.00 bits per heavy atom. The molecule has 1 amide bonds. The molecule has 0 spiro atoms. The number of rotatable bonds is 2. The van der Waals surface area contributed by atoms with Crippen LogP contribution in [-0.4, -0.2) is 11.0 Å². The van der Waals surface area contributed by atoms with Crippen LogP contribution in [0.2, 0.25) is 0 Å². The molecule has 18 heavy (non-hydrogen) atoms. The zero-order valence-electron chi connectivity index (χ0n) is 9.14. The third-order valence-corrected chi connectivity index (χ3v) is 2.30. The maximum absolute atomic E-state index is 13.3. The van der Waals surface area contributed by atoms with E-state index in [9.17, 15) is 9.18 Å². The molecule has 0 radical (unpaired) electrons. The lowest BCUT2D eigenvalue weighted by Crippen LogP contribution is -2.34. The van der Waals surface area contributed by atoms with E-state index in [0.717, 1.165) is 0 Å². The van der Waals surface area contributed by atoms with Crippen molar-refractivity contribution >= 4 is 28.9 Å². The van der Waals surface area contributed by atoms with E-state index in [1.807, 2.05) is 0 Å². The fourth-order valence-electron chi connectivity index (χ4n) is 1.29. The Morgan fingerprint density at radius 1 is 1.22 bits per heavy atom. The summed E-state index contributed by atoms with van der Waals surface area (Å²) in [5, 5.41) is 4.97. The molecule has 2 aromatic rings. The monoisotopic (exact) mass is 264 g/mol. The number of hydrogen-bond acceptors (Lipinski definition) is 3. The molecule has 0 aliphatic heterocycles. The minimum atomic E-state index is -0.492. The molecule has 2 N–H and O–H groups in total. The second-order valence-corrected chi connectivity index (χ2v) is 3.77. The summed E-state index contributed by atoms with van der Waals surface area (Å²) in [6.45, 7) is 0. The topological polar surface area (TPSA) is 54.3 Å². The van der Waals surface area contributed by atoms with Crippen LogP contribution in [0.5, 0.6) is 0 Å². The van der Waals surface area contributed by atoms with E-state index in [1.54, 1.807) is 18.2 Å². The van der Waals surface area contributed by atoms with Gasteiger partial charge >= 0.3 is 0 Å². The fraction of sp³-hybridized carbons (Fsp3) is 0. The molecule has 0 atom stereocenters. The van der Waals surface area contributed by atoms with Gasteiger partial charge in [-0.1, -0.05) is 12.1 Å². The zero-order valence-corrected chi connectivity index (χ0v) is 9.96. The molecule has 0 unspecified atom stereocenters. The van der Waals surface area contributed by atoms with Gasteiger partial charge in [0.2, 0.25) is 0 Å². The number of amides is 1. The summed E-state index contributed by atoms with van der Waals surface area (Å²) < 4.78 is 18.2. The van der Waals surface area contributed by atoms with Crippen LogP contribution in [0.1, 0.15) is 10.6 Å². The summed E-state index contributed by atoms with van der Waals surface area (Å²) in [6, 6.07) is 9.11. The lowest BCUT2D eigenvalue weighted by atomic mass is 10.3. The minimum absolute atomic E-state index is 0.00139. The lowest BCUT2D eigenvalue weighted by Gasteiger charge is -2.08. The van der Waals surface area contributed by atoms with Crippen LogP contribution < -0.4 is 10.6 Å². The Balaban J connectivity index is 1.98. The number of halogens is 1. The van der Waals surface area contributed by atoms with Gasteiger partial charge in [0, 0.05) is 0 Å². The highest BCUT2D eigenvalue weighted by Crippen LogP contribution is 2.12. The number of para-hydroxylation sites is 1. The van der Waals surface area contributed by atoms with Crippen molar-refractivity contribution < 1.29 is 13.6 Å². The Labute approximate surface area is 108 Å². The third-order valence-electron chi connectivity index (χ3n) is 2.09. The first-order valence-electron chi connectivity index (χ1n) is 5.07. The summed E-state index contributed by atoms with van der Waals surface area (Å²) in [5.74, 6) is -0.811. The van der Waals surface area contributed by atoms with Crippen LogP contribution in [0, 0.1) is 5.82 Å². The Morgan fingerprint density at radius 3 is 2.67 bits per heavy atom. The minimum Gasteiger partial charge on any atom is -0.459 e. The predicted octanol–water partition coefficient (Wildman–Crippen LogP) is 2.55. The van der Waals surface area contributed by atoms with Crippen molar-refractivity contribution in [1.82, 2.24) is 5.32 Å². The molecule has 1 heterocycles. The lowest BCUT2D eigenvalue weighted by molar-refractivity contribution is 0.0950. The highest BCUT2D eigenvalue weighted by atomic mass is 32.1. The molecule has 6 heteroatoms. The summed E-state index contributed by atoms with van der Waals surface area (Å²) in [6.07, 6.45) is 1.38. The quantitative estimate of drug-likeness (QED) is 0.818. The van der Waals surface area contributed by atoms with Crippen molar-refractivity contribution in [3.05, 3.63) is 54.2 Å². The molecule has 1 aromatic carbocycles. The summed E-state index contributed by atoms with van der Waals surface area (Å²) >= 11 is 4.89. The number of carbonyl (C=O) groups is 1. The van der Waals surface area contributed by atoms with Gasteiger partial charge in [-0.05, 0) is 36.5 Å². The highest BCUT2D eigenvalue weighted by Gasteiger charge is 2.11. The number of nitrogens with one attached hydrogen (secondary N) is 2. The van der Waals surface area contributed by atoms with Gasteiger partial charge in [-0.3, -0.25) is 10.1 Å². The zero-order chi connectivity index (χ0) is 13.0. The molecule has 0 bridgehead atoms. The van der Waals surface area contributed by atoms with Crippen LogP contribution in [-0.2, 0) is 0 Å². The smallest absolute Gasteiger partial charge is 0.293 e. The third kappa shape index (κ3) is 2.92. The highest BCUT2D eigenvalue weighted by molar-refractivity contribution is 7.80. The number of benzene rings is 1. The molecule has 0 saturated carbocycles. The number of thiocarbonyl (C=S) groups is 1. The van der Waals surface area contributed by atoms with Gasteiger partial charge in [-0.25, -0.2) is 4.39 Å². The SMILES string of the molecule is O=C(NC(=S)Nc1ccccc1F)c1ccco1. The largest absolute Gasteiger partial charge is 0.459 e. The van der Waals surface area contributed by atoms with Crippen molar-refractivity contribution in [2.45, 2.75) is 0 Å². The molecular formula is C12H9FN2O2S. The number of hydrogen-bond donors (Lipinski definition) is 2. The molecule has 2 rings (SSSR count). The van der Waals surface area contributed by atoms with Crippen molar-refractivity contribution in [2.75, 3.05) is 5.32 Å². The normalized spacial score (nSPS) is 9.83. The second-order valence-electron chi connectivity index (χ2n) is 3.37. The molecular weight excluding hydrogens is 255 g/mol. The second kappa shape index (κ2) is 5.42. The molecule has 0 fully saturated rings. The first kappa shape index (κ1) is 12.3. The fourth-order valence-corrected chi connectivity index (χ4v) is 1.49. The van der Waals surface area contributed by atoms with Gasteiger partial charge in [0.15, 0.2) is 10.9 Å². The number of furan rings is 1. The molecule has 92 valence electrons. The standard InChI is InChI=1S/C12H9FN2O2S/c13-8-4-1-2-5-9(8)14-12(18)15-11(16)10-6-3-7-17-10/h1-7H,(H2,14,15,16,18). The van der Waals surface area contributed by atoms with Crippen molar-refractivity contribution in [3.8, 4) is 0 Å². The van der Waals surface area contributed by atoms with E-state index >= 15 is 0 Å². The van der Waals surface area contributed by atoms with Crippen LogP contribution >= 0.6 is 12.2 Å². The van der Waals surface area contributed by atoms with E-state index in [0.29, 0.717) is 0 Å². The van der Waals surface area contributed by atoms with Gasteiger partial charge < -0.3 is 9.73 Å². The van der Waals surface area contributed by atoms with Gasteiger partial charge in [0.05, 0.1) is 12.0 Å². The van der Waals surface area contributed by atoms with Crippen LogP contribution in [0.15, 0.2) is 47.1 Å². The van der Waals surface area contributed by atoms with Crippen molar-refractivity contribution in [1.29, 1.82) is 0 Å². The summed E-state index contributed by atoms with van der Waals surface area (Å²) in [5.41, 5.74) is 0.197. The molecule has 0 aliphatic rings. The molecule has 0 aliphatic carbocycles. The van der Waals surface area contributed by atoms with Gasteiger partial charge in [0.1, 0.15) is 5.82 Å². The van der Waals surface area contributed by atoms with E-state index < -0.39 is 11.7 Å². The van der Waals surface area contributed by atoms with Gasteiger partial charge in [-0.2, -0.15) is 0 Å². The maximum atomic E-state index is 13.3. The Bertz CT molecular complexity index is 569. The van der Waals surface area contributed by atoms with Crippen molar-refractivity contribution in [2.24, 2.45) is 0 Å². The average Bonchev–Trinajstić information content (AvgIpc) is 2.85. The van der Waals surface area contributed by atoms with Gasteiger partial charge in [-0.15, -0.1) is 0 Å². The molecule has 0 saturated heterocycles. The number of anilines is 1. The number of carbonyl (C=O) groups excluding carboxylic acids is 1. The van der Waals surface area contributed by atoms with Crippen molar-refractivity contribution in [3.63, 3.8) is 0 Å². The van der Waals surface area contributed by atoms with E-state index in [-0.39, 0.29) is 16.6 Å². The first-order valence-corrected chi connectivity index (χ1v) is 5.48. The summed E-state index contributed by atoms with van der Waals surface area (Å²) in [7, 11) is 0. The van der Waals surface area contributed by atoms with Gasteiger partial charge in [0.25, 0.3) is 5.91 Å². The predicted molar refractivity (Wildman–Crippen MR) is 68.8 cm³/mol. The first-order chi connectivity index (χ1) is 8.66. The summed E-state index contributed by atoms with van der Waals surface area (Å²) in [4.78, 5) is 11.6. The molecule has 4 nitrogen and oxygen atoms in total.